The molecule has 19 heavy (non-hydrogen) atoms. The van der Waals surface area contributed by atoms with Crippen LogP contribution in [0.4, 0.5) is 0 Å². The normalized spacial score (nSPS) is 10.9. The number of fused-ring (bicyclic) bond motifs is 1. The molecule has 0 aliphatic rings. The highest BCUT2D eigenvalue weighted by Crippen LogP contribution is 2.29. The van der Waals surface area contributed by atoms with Crippen LogP contribution in [0.25, 0.3) is 22.3 Å². The first-order chi connectivity index (χ1) is 9.15. The summed E-state index contributed by atoms with van der Waals surface area (Å²) in [5.74, 6) is 0.548. The topological polar surface area (TPSA) is 25.8 Å². The predicted molar refractivity (Wildman–Crippen MR) is 79.7 cm³/mol. The fraction of sp³-hybridized carbons (Fsp3) is 0.0667. The van der Waals surface area contributed by atoms with Gasteiger partial charge >= 0.3 is 0 Å². The van der Waals surface area contributed by atoms with Gasteiger partial charge in [0.2, 0.25) is 0 Å². The predicted octanol–water partition coefficient (Wildman–Crippen LogP) is 4.91. The van der Waals surface area contributed by atoms with Crippen LogP contribution in [0.2, 0.25) is 10.2 Å². The summed E-state index contributed by atoms with van der Waals surface area (Å²) in [6.07, 6.45) is 0. The molecule has 0 N–H and O–H groups in total. The van der Waals surface area contributed by atoms with Gasteiger partial charge in [-0.15, -0.1) is 0 Å². The Morgan fingerprint density at radius 2 is 1.74 bits per heavy atom. The molecule has 0 saturated carbocycles. The minimum Gasteiger partial charge on any atom is -0.228 e. The zero-order valence-electron chi connectivity index (χ0n) is 10.2. The molecule has 0 fully saturated rings. The number of halogens is 2. The van der Waals surface area contributed by atoms with Gasteiger partial charge in [0, 0.05) is 10.9 Å². The average Bonchev–Trinajstić information content (AvgIpc) is 2.40. The molecule has 3 aromatic rings. The molecule has 4 heteroatoms. The van der Waals surface area contributed by atoms with Gasteiger partial charge in [0.25, 0.3) is 0 Å². The molecule has 0 spiro atoms. The van der Waals surface area contributed by atoms with E-state index in [-0.39, 0.29) is 0 Å². The largest absolute Gasteiger partial charge is 0.228 e. The number of nitrogens with zero attached hydrogens (tertiary/aromatic N) is 2. The third-order valence-electron chi connectivity index (χ3n) is 2.92. The van der Waals surface area contributed by atoms with Crippen LogP contribution in [0.1, 0.15) is 5.56 Å². The Kier molecular flexibility index (Phi) is 3.13. The first kappa shape index (κ1) is 12.4. The van der Waals surface area contributed by atoms with Crippen LogP contribution < -0.4 is 0 Å². The van der Waals surface area contributed by atoms with Crippen molar-refractivity contribution >= 4 is 34.1 Å². The molecule has 1 heterocycles. The fourth-order valence-corrected chi connectivity index (χ4v) is 2.42. The third kappa shape index (κ3) is 2.29. The van der Waals surface area contributed by atoms with Crippen molar-refractivity contribution in [2.45, 2.75) is 6.92 Å². The number of benzene rings is 2. The average molecular weight is 289 g/mol. The van der Waals surface area contributed by atoms with E-state index in [0.29, 0.717) is 16.0 Å². The van der Waals surface area contributed by atoms with Crippen molar-refractivity contribution in [3.8, 4) is 11.4 Å². The van der Waals surface area contributed by atoms with Crippen molar-refractivity contribution in [3.63, 3.8) is 0 Å². The Labute approximate surface area is 121 Å². The summed E-state index contributed by atoms with van der Waals surface area (Å²) in [5.41, 5.74) is 2.73. The molecule has 3 rings (SSSR count). The summed E-state index contributed by atoms with van der Waals surface area (Å²) < 4.78 is 0. The summed E-state index contributed by atoms with van der Waals surface area (Å²) in [6, 6.07) is 13.4. The first-order valence-electron chi connectivity index (χ1n) is 5.84. The Balaban J connectivity index is 2.27. The van der Waals surface area contributed by atoms with Gasteiger partial charge in [-0.3, -0.25) is 0 Å². The zero-order chi connectivity index (χ0) is 13.4. The van der Waals surface area contributed by atoms with E-state index in [4.69, 9.17) is 23.2 Å². The van der Waals surface area contributed by atoms with Crippen LogP contribution in [-0.2, 0) is 0 Å². The van der Waals surface area contributed by atoms with E-state index in [1.165, 1.54) is 0 Å². The lowest BCUT2D eigenvalue weighted by Crippen LogP contribution is -1.92. The van der Waals surface area contributed by atoms with Crippen LogP contribution in [0.5, 0.6) is 0 Å². The minimum atomic E-state index is 0.448. The molecule has 0 saturated heterocycles. The van der Waals surface area contributed by atoms with Crippen molar-refractivity contribution in [3.05, 3.63) is 58.2 Å². The van der Waals surface area contributed by atoms with Gasteiger partial charge in [0.15, 0.2) is 5.82 Å². The Morgan fingerprint density at radius 1 is 0.947 bits per heavy atom. The van der Waals surface area contributed by atoms with Crippen molar-refractivity contribution in [1.82, 2.24) is 9.97 Å². The van der Waals surface area contributed by atoms with Crippen LogP contribution in [0.15, 0.2) is 42.5 Å². The van der Waals surface area contributed by atoms with Gasteiger partial charge in [0.05, 0.1) is 10.5 Å². The van der Waals surface area contributed by atoms with E-state index in [2.05, 4.69) is 9.97 Å². The maximum Gasteiger partial charge on any atom is 0.162 e. The molecule has 0 bridgehead atoms. The monoisotopic (exact) mass is 288 g/mol. The van der Waals surface area contributed by atoms with Crippen molar-refractivity contribution in [1.29, 1.82) is 0 Å². The lowest BCUT2D eigenvalue weighted by Gasteiger charge is -2.06. The maximum atomic E-state index is 6.24. The zero-order valence-corrected chi connectivity index (χ0v) is 11.7. The van der Waals surface area contributed by atoms with E-state index in [9.17, 15) is 0 Å². The Bertz CT molecular complexity index is 769. The number of rotatable bonds is 1. The summed E-state index contributed by atoms with van der Waals surface area (Å²) in [7, 11) is 0. The van der Waals surface area contributed by atoms with Gasteiger partial charge < -0.3 is 0 Å². The van der Waals surface area contributed by atoms with Gasteiger partial charge in [-0.05, 0) is 31.2 Å². The van der Waals surface area contributed by atoms with Crippen molar-refractivity contribution in [2.75, 3.05) is 0 Å². The molecular weight excluding hydrogens is 279 g/mol. The van der Waals surface area contributed by atoms with Crippen molar-refractivity contribution < 1.29 is 0 Å². The van der Waals surface area contributed by atoms with E-state index in [1.54, 1.807) is 0 Å². The van der Waals surface area contributed by atoms with Crippen LogP contribution in [-0.4, -0.2) is 9.97 Å². The van der Waals surface area contributed by atoms with Crippen LogP contribution >= 0.6 is 23.2 Å². The van der Waals surface area contributed by atoms with E-state index in [1.807, 2.05) is 49.4 Å². The highest BCUT2D eigenvalue weighted by atomic mass is 35.5. The molecule has 2 aromatic carbocycles. The quantitative estimate of drug-likeness (QED) is 0.595. The van der Waals surface area contributed by atoms with Crippen LogP contribution in [0.3, 0.4) is 0 Å². The third-order valence-corrected chi connectivity index (χ3v) is 3.54. The number of aromatic nitrogens is 2. The first-order valence-corrected chi connectivity index (χ1v) is 6.59. The molecule has 0 radical (unpaired) electrons. The molecule has 0 aliphatic carbocycles. The van der Waals surface area contributed by atoms with E-state index < -0.39 is 0 Å². The summed E-state index contributed by atoms with van der Waals surface area (Å²) in [4.78, 5) is 8.87. The van der Waals surface area contributed by atoms with Gasteiger partial charge in [-0.1, -0.05) is 47.0 Å². The Hall–Kier alpha value is -1.64. The van der Waals surface area contributed by atoms with Gasteiger partial charge in [-0.25, -0.2) is 9.97 Å². The lowest BCUT2D eigenvalue weighted by molar-refractivity contribution is 1.22. The highest BCUT2D eigenvalue weighted by Gasteiger charge is 2.10. The fourth-order valence-electron chi connectivity index (χ4n) is 1.97. The second-order valence-corrected chi connectivity index (χ2v) is 5.10. The molecule has 0 atom stereocenters. The van der Waals surface area contributed by atoms with Gasteiger partial charge in [-0.2, -0.15) is 0 Å². The second-order valence-electron chi connectivity index (χ2n) is 4.34. The molecule has 94 valence electrons. The van der Waals surface area contributed by atoms with E-state index >= 15 is 0 Å². The molecule has 2 nitrogen and oxygen atoms in total. The number of aryl methyl sites for hydroxylation is 1. The second kappa shape index (κ2) is 4.80. The molecule has 1 aromatic heterocycles. The van der Waals surface area contributed by atoms with Crippen molar-refractivity contribution in [2.24, 2.45) is 0 Å². The minimum absolute atomic E-state index is 0.448. The summed E-state index contributed by atoms with van der Waals surface area (Å²) >= 11 is 12.4. The van der Waals surface area contributed by atoms with E-state index in [0.717, 1.165) is 22.0 Å². The number of hydrogen-bond donors (Lipinski definition) is 0. The maximum absolute atomic E-state index is 6.24. The highest BCUT2D eigenvalue weighted by molar-refractivity contribution is 6.35. The number of hydrogen-bond acceptors (Lipinski definition) is 2. The van der Waals surface area contributed by atoms with Gasteiger partial charge in [0.1, 0.15) is 5.15 Å². The summed E-state index contributed by atoms with van der Waals surface area (Å²) in [6.45, 7) is 2.01. The molecule has 0 amide bonds. The summed E-state index contributed by atoms with van der Waals surface area (Å²) in [5, 5.41) is 1.92. The molecule has 0 unspecified atom stereocenters. The molecule has 0 aliphatic heterocycles. The lowest BCUT2D eigenvalue weighted by atomic mass is 10.1. The smallest absolute Gasteiger partial charge is 0.162 e. The van der Waals surface area contributed by atoms with Crippen LogP contribution in [0, 0.1) is 6.92 Å². The molecular formula is C15H10Cl2N2. The standard InChI is InChI=1S/C15H10Cl2N2/c1-9-6-7-13-11(8-9)14(17)19-15(18-13)10-4-2-3-5-12(10)16/h2-8H,1H3. The Morgan fingerprint density at radius 3 is 2.53 bits per heavy atom. The SMILES string of the molecule is Cc1ccc2nc(-c3ccccc3Cl)nc(Cl)c2c1.